The molecule has 4 atom stereocenters. The molecule has 0 aliphatic carbocycles. The van der Waals surface area contributed by atoms with Crippen LogP contribution in [0.25, 0.3) is 0 Å². The average molecular weight is 730 g/mol. The first-order valence-electron chi connectivity index (χ1n) is 19.1. The second kappa shape index (κ2) is 15.4. The predicted molar refractivity (Wildman–Crippen MR) is 209 cm³/mol. The summed E-state index contributed by atoms with van der Waals surface area (Å²) in [5, 5.41) is 10.0. The molecule has 54 heavy (non-hydrogen) atoms. The maximum Gasteiger partial charge on any atom is 0.264 e. The highest BCUT2D eigenvalue weighted by atomic mass is 16.5. The summed E-state index contributed by atoms with van der Waals surface area (Å²) in [7, 11) is 1.64. The smallest absolute Gasteiger partial charge is 0.264 e. The summed E-state index contributed by atoms with van der Waals surface area (Å²) < 4.78 is 12.7. The molecule has 2 saturated heterocycles. The van der Waals surface area contributed by atoms with E-state index < -0.39 is 17.1 Å². The summed E-state index contributed by atoms with van der Waals surface area (Å²) >= 11 is 0. The Hall–Kier alpha value is -4.99. The molecule has 0 bridgehead atoms. The van der Waals surface area contributed by atoms with Gasteiger partial charge in [0.15, 0.2) is 5.60 Å². The van der Waals surface area contributed by atoms with Crippen LogP contribution in [-0.2, 0) is 43.2 Å². The number of carbonyl (C=O) groups is 3. The standard InChI is InChI=1S/C45H51N3O6/c1-31-42(44(2,3)34-20-22-36(53-4)23-21-34)39(28-41(51)46(25-26-49)29-32-13-6-5-7-14-32)54-45(31)37-17-8-9-18-38(37)48(43(45)52)30-33-15-12-16-35(27-33)47-24-11-10-19-40(47)50/h5-9,12-18,20-23,27,31,39,42,49H,10-11,19,24-26,28-30H2,1-4H3/t31-,39+,42-,45+/m0/s1. The van der Waals surface area contributed by atoms with E-state index in [1.54, 1.807) is 12.0 Å². The summed E-state index contributed by atoms with van der Waals surface area (Å²) in [6.45, 7) is 7.80. The van der Waals surface area contributed by atoms with E-state index in [4.69, 9.17) is 9.47 Å². The Morgan fingerprint density at radius 1 is 0.944 bits per heavy atom. The molecule has 7 rings (SSSR count). The van der Waals surface area contributed by atoms with E-state index in [0.29, 0.717) is 26.1 Å². The zero-order chi connectivity index (χ0) is 38.0. The Balaban J connectivity index is 1.25. The van der Waals surface area contributed by atoms with Crippen molar-refractivity contribution in [1.29, 1.82) is 0 Å². The van der Waals surface area contributed by atoms with Crippen LogP contribution < -0.4 is 14.5 Å². The normalized spacial score (nSPS) is 22.5. The van der Waals surface area contributed by atoms with E-state index in [2.05, 4.69) is 32.9 Å². The summed E-state index contributed by atoms with van der Waals surface area (Å²) in [6, 6.07) is 33.5. The number of benzene rings is 4. The SMILES string of the molecule is COc1ccc(C(C)(C)[C@@H]2[C@@H](CC(=O)N(CCO)Cc3ccccc3)O[C@]3(C(=O)N(Cc4cccc(N5CCCCC5=O)c4)c4ccccc43)[C@H]2C)cc1. The van der Waals surface area contributed by atoms with Crippen molar-refractivity contribution < 1.29 is 29.0 Å². The average Bonchev–Trinajstić information content (AvgIpc) is 3.61. The van der Waals surface area contributed by atoms with Crippen molar-refractivity contribution in [3.8, 4) is 5.75 Å². The van der Waals surface area contributed by atoms with Crippen molar-refractivity contribution in [2.45, 2.75) is 76.7 Å². The van der Waals surface area contributed by atoms with E-state index in [0.717, 1.165) is 52.2 Å². The molecule has 0 saturated carbocycles. The lowest BCUT2D eigenvalue weighted by atomic mass is 9.63. The first-order chi connectivity index (χ1) is 26.1. The van der Waals surface area contributed by atoms with Gasteiger partial charge in [0.05, 0.1) is 38.5 Å². The number of hydrogen-bond donors (Lipinski definition) is 1. The minimum Gasteiger partial charge on any atom is -0.497 e. The van der Waals surface area contributed by atoms with Gasteiger partial charge in [-0.3, -0.25) is 14.4 Å². The number of aliphatic hydroxyl groups is 1. The largest absolute Gasteiger partial charge is 0.497 e. The zero-order valence-electron chi connectivity index (χ0n) is 31.7. The molecule has 3 aliphatic rings. The van der Waals surface area contributed by atoms with Crippen molar-refractivity contribution >= 4 is 29.1 Å². The molecule has 1 N–H and O–H groups in total. The molecule has 2 fully saturated rings. The van der Waals surface area contributed by atoms with Crippen LogP contribution in [0.2, 0.25) is 0 Å². The van der Waals surface area contributed by atoms with E-state index in [1.807, 2.05) is 101 Å². The highest BCUT2D eigenvalue weighted by Crippen LogP contribution is 2.60. The summed E-state index contributed by atoms with van der Waals surface area (Å²) in [5.74, 6) is -0.00876. The third kappa shape index (κ3) is 6.80. The fourth-order valence-electron chi connectivity index (χ4n) is 9.23. The second-order valence-corrected chi connectivity index (χ2v) is 15.5. The molecule has 3 heterocycles. The number of methoxy groups -OCH3 is 1. The fourth-order valence-corrected chi connectivity index (χ4v) is 9.23. The predicted octanol–water partition coefficient (Wildman–Crippen LogP) is 6.99. The fraction of sp³-hybridized carbons (Fsp3) is 0.400. The Morgan fingerprint density at radius 2 is 1.67 bits per heavy atom. The number of ether oxygens (including phenoxy) is 2. The van der Waals surface area contributed by atoms with Crippen LogP contribution in [0, 0.1) is 11.8 Å². The van der Waals surface area contributed by atoms with Crippen LogP contribution in [-0.4, -0.2) is 60.6 Å². The van der Waals surface area contributed by atoms with Gasteiger partial charge in [-0.25, -0.2) is 0 Å². The van der Waals surface area contributed by atoms with Gasteiger partial charge < -0.3 is 29.3 Å². The molecule has 3 aliphatic heterocycles. The van der Waals surface area contributed by atoms with Crippen molar-refractivity contribution in [2.24, 2.45) is 11.8 Å². The number of amides is 3. The lowest BCUT2D eigenvalue weighted by Gasteiger charge is -2.39. The molecular formula is C45H51N3O6. The number of nitrogens with zero attached hydrogens (tertiary/aromatic N) is 3. The topological polar surface area (TPSA) is 99.6 Å². The molecular weight excluding hydrogens is 679 g/mol. The Kier molecular flexibility index (Phi) is 10.6. The van der Waals surface area contributed by atoms with Gasteiger partial charge in [-0.1, -0.05) is 93.6 Å². The second-order valence-electron chi connectivity index (χ2n) is 15.5. The molecule has 9 heteroatoms. The van der Waals surface area contributed by atoms with Crippen molar-refractivity contribution in [3.63, 3.8) is 0 Å². The van der Waals surface area contributed by atoms with E-state index in [-0.39, 0.29) is 49.1 Å². The first-order valence-corrected chi connectivity index (χ1v) is 19.1. The van der Waals surface area contributed by atoms with Gasteiger partial charge in [0, 0.05) is 49.1 Å². The number of piperidine rings is 1. The number of anilines is 2. The van der Waals surface area contributed by atoms with Crippen LogP contribution >= 0.6 is 0 Å². The minimum absolute atomic E-state index is 0.0462. The molecule has 4 aromatic rings. The number of rotatable bonds is 12. The third-order valence-corrected chi connectivity index (χ3v) is 11.9. The molecule has 0 radical (unpaired) electrons. The number of aliphatic hydroxyl groups excluding tert-OH is 1. The van der Waals surface area contributed by atoms with Crippen molar-refractivity contribution in [3.05, 3.63) is 125 Å². The monoisotopic (exact) mass is 729 g/mol. The lowest BCUT2D eigenvalue weighted by Crippen LogP contribution is -2.45. The highest BCUT2D eigenvalue weighted by Gasteiger charge is 2.66. The molecule has 9 nitrogen and oxygen atoms in total. The summed E-state index contributed by atoms with van der Waals surface area (Å²) in [4.78, 5) is 47.7. The van der Waals surface area contributed by atoms with Gasteiger partial charge in [0.2, 0.25) is 11.8 Å². The van der Waals surface area contributed by atoms with E-state index in [1.165, 1.54) is 0 Å². The van der Waals surface area contributed by atoms with Crippen LogP contribution in [0.5, 0.6) is 5.75 Å². The molecule has 0 aromatic heterocycles. The molecule has 3 amide bonds. The maximum atomic E-state index is 15.2. The number of fused-ring (bicyclic) bond motifs is 2. The van der Waals surface area contributed by atoms with Crippen LogP contribution in [0.1, 0.15) is 68.7 Å². The molecule has 1 spiro atoms. The Bertz CT molecular complexity index is 1980. The third-order valence-electron chi connectivity index (χ3n) is 11.9. The van der Waals surface area contributed by atoms with Gasteiger partial charge in [-0.15, -0.1) is 0 Å². The van der Waals surface area contributed by atoms with Gasteiger partial charge in [0.25, 0.3) is 5.91 Å². The van der Waals surface area contributed by atoms with E-state index in [9.17, 15) is 14.7 Å². The Labute approximate surface area is 318 Å². The number of hydrogen-bond acceptors (Lipinski definition) is 6. The quantitative estimate of drug-likeness (QED) is 0.169. The Morgan fingerprint density at radius 3 is 2.39 bits per heavy atom. The molecule has 4 aromatic carbocycles. The van der Waals surface area contributed by atoms with E-state index >= 15 is 4.79 Å². The zero-order valence-corrected chi connectivity index (χ0v) is 31.7. The van der Waals surface area contributed by atoms with Crippen LogP contribution in [0.4, 0.5) is 11.4 Å². The summed E-state index contributed by atoms with van der Waals surface area (Å²) in [5.41, 5.74) is 3.50. The van der Waals surface area contributed by atoms with Gasteiger partial charge >= 0.3 is 0 Å². The molecule has 282 valence electrons. The van der Waals surface area contributed by atoms with Crippen LogP contribution in [0.15, 0.2) is 103 Å². The van der Waals surface area contributed by atoms with Crippen LogP contribution in [0.3, 0.4) is 0 Å². The van der Waals surface area contributed by atoms with Crippen molar-refractivity contribution in [2.75, 3.05) is 36.6 Å². The minimum atomic E-state index is -1.34. The van der Waals surface area contributed by atoms with Gasteiger partial charge in [-0.05, 0) is 65.3 Å². The van der Waals surface area contributed by atoms with Crippen molar-refractivity contribution in [1.82, 2.24) is 4.90 Å². The lowest BCUT2D eigenvalue weighted by molar-refractivity contribution is -0.150. The first kappa shape index (κ1) is 37.3. The number of carbonyl (C=O) groups excluding carboxylic acids is 3. The summed E-state index contributed by atoms with van der Waals surface area (Å²) in [6.07, 6.45) is 1.84. The highest BCUT2D eigenvalue weighted by molar-refractivity contribution is 6.07. The number of para-hydroxylation sites is 1. The molecule has 0 unspecified atom stereocenters. The maximum absolute atomic E-state index is 15.2. The van der Waals surface area contributed by atoms with Gasteiger partial charge in [0.1, 0.15) is 5.75 Å². The van der Waals surface area contributed by atoms with Gasteiger partial charge in [-0.2, -0.15) is 0 Å².